The van der Waals surface area contributed by atoms with E-state index in [-0.39, 0.29) is 12.0 Å². The molecule has 3 aliphatic rings. The first-order valence-electron chi connectivity index (χ1n) is 15.2. The number of pyridine rings is 1. The van der Waals surface area contributed by atoms with Gasteiger partial charge in [0.05, 0.1) is 7.11 Å². The highest BCUT2D eigenvalue weighted by molar-refractivity contribution is 5.69. The molecule has 1 saturated heterocycles. The standard InChI is InChI=1S/C35H42N2O4/c1-21-5-6-22(2)37(21)20-29-17-27(11-13-30(29)26-15-16-36-33(19-26)40-4)31-14-12-24-7-10-28(18-32(24)41-31)34(25-8-9-25)23(3)35(38)39/h7,10-11,13,15-19,21-23,25,31,34H,5-6,8-9,12,14,20H2,1-4H3,(H,38,39)/p-1/t21-,22-,23+,31?,34+/m1/s1. The molecular weight excluding hydrogens is 512 g/mol. The van der Waals surface area contributed by atoms with E-state index in [1.165, 1.54) is 35.1 Å². The molecule has 2 fully saturated rings. The molecule has 5 atom stereocenters. The number of hydrogen-bond acceptors (Lipinski definition) is 6. The minimum atomic E-state index is -0.973. The number of aryl methyl sites for hydroxylation is 1. The molecule has 6 heteroatoms. The van der Waals surface area contributed by atoms with Gasteiger partial charge in [-0.05, 0) is 110 Å². The van der Waals surface area contributed by atoms with Gasteiger partial charge in [-0.15, -0.1) is 0 Å². The maximum Gasteiger partial charge on any atom is 0.213 e. The lowest BCUT2D eigenvalue weighted by Crippen LogP contribution is -2.34. The topological polar surface area (TPSA) is 74.7 Å². The first-order chi connectivity index (χ1) is 19.8. The van der Waals surface area contributed by atoms with Gasteiger partial charge in [0.15, 0.2) is 0 Å². The van der Waals surface area contributed by atoms with E-state index in [0.29, 0.717) is 23.9 Å². The quantitative estimate of drug-likeness (QED) is 0.320. The van der Waals surface area contributed by atoms with E-state index >= 15 is 0 Å². The van der Waals surface area contributed by atoms with Gasteiger partial charge in [0, 0.05) is 42.8 Å². The number of aliphatic carboxylic acids is 1. The van der Waals surface area contributed by atoms with Gasteiger partial charge < -0.3 is 19.4 Å². The SMILES string of the molecule is COc1cc(-c2ccc(C3CCc4ccc([C@H](C5CC5)[C@H](C)C(=O)[O-])cc4O3)cc2CN2[C@H](C)CC[C@H]2C)ccn1. The highest BCUT2D eigenvalue weighted by Gasteiger charge is 2.37. The molecule has 2 aromatic carbocycles. The van der Waals surface area contributed by atoms with E-state index in [9.17, 15) is 9.90 Å². The summed E-state index contributed by atoms with van der Waals surface area (Å²) in [7, 11) is 1.65. The number of aromatic nitrogens is 1. The van der Waals surface area contributed by atoms with Crippen LogP contribution >= 0.6 is 0 Å². The van der Waals surface area contributed by atoms with Crippen LogP contribution in [0.15, 0.2) is 54.7 Å². The van der Waals surface area contributed by atoms with Gasteiger partial charge in [-0.1, -0.05) is 37.3 Å². The number of ether oxygens (including phenoxy) is 2. The van der Waals surface area contributed by atoms with Crippen LogP contribution in [0.2, 0.25) is 0 Å². The summed E-state index contributed by atoms with van der Waals surface area (Å²) in [4.78, 5) is 18.7. The second-order valence-electron chi connectivity index (χ2n) is 12.4. The molecule has 1 aliphatic carbocycles. The van der Waals surface area contributed by atoms with Gasteiger partial charge in [0.2, 0.25) is 5.88 Å². The lowest BCUT2D eigenvalue weighted by atomic mass is 9.82. The minimum absolute atomic E-state index is 0.0260. The van der Waals surface area contributed by atoms with E-state index in [1.807, 2.05) is 12.3 Å². The molecule has 3 heterocycles. The molecule has 1 saturated carbocycles. The van der Waals surface area contributed by atoms with Crippen LogP contribution in [0.3, 0.4) is 0 Å². The highest BCUT2D eigenvalue weighted by atomic mass is 16.5. The third-order valence-corrected chi connectivity index (χ3v) is 9.71. The van der Waals surface area contributed by atoms with Crippen LogP contribution in [0.25, 0.3) is 11.1 Å². The molecule has 6 rings (SSSR count). The van der Waals surface area contributed by atoms with E-state index in [1.54, 1.807) is 14.0 Å². The summed E-state index contributed by atoms with van der Waals surface area (Å²) in [5, 5.41) is 11.8. The summed E-state index contributed by atoms with van der Waals surface area (Å²) in [5.41, 5.74) is 7.02. The summed E-state index contributed by atoms with van der Waals surface area (Å²) in [6.07, 6.45) is 8.21. The zero-order valence-electron chi connectivity index (χ0n) is 24.6. The van der Waals surface area contributed by atoms with Crippen LogP contribution in [-0.2, 0) is 17.8 Å². The summed E-state index contributed by atoms with van der Waals surface area (Å²) >= 11 is 0. The van der Waals surface area contributed by atoms with Crippen molar-refractivity contribution in [2.45, 2.75) is 89.9 Å². The normalized spacial score (nSPS) is 23.9. The Balaban J connectivity index is 1.31. The molecule has 0 N–H and O–H groups in total. The Morgan fingerprint density at radius 2 is 1.83 bits per heavy atom. The fourth-order valence-corrected chi connectivity index (χ4v) is 7.07. The van der Waals surface area contributed by atoms with Crippen molar-refractivity contribution in [3.63, 3.8) is 0 Å². The Hall–Kier alpha value is -3.38. The largest absolute Gasteiger partial charge is 0.550 e. The fraction of sp³-hybridized carbons (Fsp3) is 0.486. The molecule has 41 heavy (non-hydrogen) atoms. The number of rotatable bonds is 9. The van der Waals surface area contributed by atoms with Crippen molar-refractivity contribution in [3.8, 4) is 22.8 Å². The van der Waals surface area contributed by atoms with Crippen molar-refractivity contribution in [1.29, 1.82) is 0 Å². The van der Waals surface area contributed by atoms with E-state index in [4.69, 9.17) is 9.47 Å². The Morgan fingerprint density at radius 1 is 1.05 bits per heavy atom. The smallest absolute Gasteiger partial charge is 0.213 e. The number of carbonyl (C=O) groups excluding carboxylic acids is 1. The number of benzene rings is 2. The fourth-order valence-electron chi connectivity index (χ4n) is 7.07. The lowest BCUT2D eigenvalue weighted by molar-refractivity contribution is -0.311. The van der Waals surface area contributed by atoms with Crippen LogP contribution < -0.4 is 14.6 Å². The molecule has 0 spiro atoms. The number of carboxylic acid groups (broad SMARTS) is 1. The molecule has 6 nitrogen and oxygen atoms in total. The maximum atomic E-state index is 11.8. The monoisotopic (exact) mass is 553 g/mol. The van der Waals surface area contributed by atoms with Crippen LogP contribution in [-0.4, -0.2) is 35.0 Å². The molecule has 0 bridgehead atoms. The molecule has 1 aromatic heterocycles. The number of hydrogen-bond donors (Lipinski definition) is 0. The molecule has 0 amide bonds. The van der Waals surface area contributed by atoms with E-state index < -0.39 is 11.9 Å². The molecular formula is C35H41N2O4-. The Morgan fingerprint density at radius 3 is 2.54 bits per heavy atom. The van der Waals surface area contributed by atoms with Crippen molar-refractivity contribution in [1.82, 2.24) is 9.88 Å². The zero-order valence-corrected chi connectivity index (χ0v) is 24.6. The molecule has 1 unspecified atom stereocenters. The van der Waals surface area contributed by atoms with Crippen LogP contribution in [0.1, 0.15) is 87.2 Å². The highest BCUT2D eigenvalue weighted by Crippen LogP contribution is 2.48. The summed E-state index contributed by atoms with van der Waals surface area (Å²) in [6.45, 7) is 7.33. The van der Waals surface area contributed by atoms with Crippen molar-refractivity contribution in [3.05, 3.63) is 77.0 Å². The Bertz CT molecular complexity index is 1410. The number of methoxy groups -OCH3 is 1. The first kappa shape index (κ1) is 27.8. The first-order valence-corrected chi connectivity index (χ1v) is 15.2. The Labute approximate surface area is 243 Å². The number of nitrogens with zero attached hydrogens (tertiary/aromatic N) is 2. The number of fused-ring (bicyclic) bond motifs is 1. The van der Waals surface area contributed by atoms with Gasteiger partial charge in [-0.3, -0.25) is 4.90 Å². The second-order valence-corrected chi connectivity index (χ2v) is 12.4. The van der Waals surface area contributed by atoms with Crippen LogP contribution in [0, 0.1) is 11.8 Å². The van der Waals surface area contributed by atoms with Gasteiger partial charge in [-0.2, -0.15) is 0 Å². The van der Waals surface area contributed by atoms with E-state index in [2.05, 4.69) is 66.2 Å². The lowest BCUT2D eigenvalue weighted by Gasteiger charge is -2.31. The zero-order chi connectivity index (χ0) is 28.7. The molecule has 0 radical (unpaired) electrons. The third kappa shape index (κ3) is 5.72. The van der Waals surface area contributed by atoms with Crippen molar-refractivity contribution in [2.75, 3.05) is 7.11 Å². The van der Waals surface area contributed by atoms with Crippen molar-refractivity contribution in [2.24, 2.45) is 11.8 Å². The maximum absolute atomic E-state index is 11.8. The van der Waals surface area contributed by atoms with E-state index in [0.717, 1.165) is 49.1 Å². The van der Waals surface area contributed by atoms with Crippen LogP contribution in [0.5, 0.6) is 11.6 Å². The number of carboxylic acids is 1. The molecule has 3 aromatic rings. The Kier molecular flexibility index (Phi) is 7.78. The van der Waals surface area contributed by atoms with Gasteiger partial charge in [0.25, 0.3) is 0 Å². The van der Waals surface area contributed by atoms with Gasteiger partial charge >= 0.3 is 0 Å². The predicted octanol–water partition coefficient (Wildman–Crippen LogP) is 6.08. The summed E-state index contributed by atoms with van der Waals surface area (Å²) in [5.74, 6) is 0.401. The molecule has 216 valence electrons. The molecule has 2 aliphatic heterocycles. The number of likely N-dealkylation sites (tertiary alicyclic amines) is 1. The van der Waals surface area contributed by atoms with Crippen molar-refractivity contribution >= 4 is 5.97 Å². The number of carbonyl (C=O) groups is 1. The second kappa shape index (κ2) is 11.5. The summed E-state index contributed by atoms with van der Waals surface area (Å²) in [6, 6.07) is 18.3. The minimum Gasteiger partial charge on any atom is -0.550 e. The van der Waals surface area contributed by atoms with Gasteiger partial charge in [0.1, 0.15) is 11.9 Å². The van der Waals surface area contributed by atoms with Gasteiger partial charge in [-0.25, -0.2) is 4.98 Å². The van der Waals surface area contributed by atoms with Crippen LogP contribution in [0.4, 0.5) is 0 Å². The average Bonchev–Trinajstić information content (AvgIpc) is 3.78. The van der Waals surface area contributed by atoms with Crippen molar-refractivity contribution < 1.29 is 19.4 Å². The third-order valence-electron chi connectivity index (χ3n) is 9.71. The predicted molar refractivity (Wildman–Crippen MR) is 158 cm³/mol. The average molecular weight is 554 g/mol. The summed E-state index contributed by atoms with van der Waals surface area (Å²) < 4.78 is 12.1.